The van der Waals surface area contributed by atoms with Crippen molar-refractivity contribution in [3.63, 3.8) is 0 Å². The van der Waals surface area contributed by atoms with Crippen molar-refractivity contribution in [1.82, 2.24) is 5.32 Å². The van der Waals surface area contributed by atoms with Crippen molar-refractivity contribution in [2.45, 2.75) is 0 Å². The van der Waals surface area contributed by atoms with Gasteiger partial charge in [0.2, 0.25) is 5.91 Å². The highest BCUT2D eigenvalue weighted by atomic mass is 16.5. The first kappa shape index (κ1) is 7.08. The van der Waals surface area contributed by atoms with E-state index in [1.165, 1.54) is 6.08 Å². The average molecular weight is 142 g/mol. The summed E-state index contributed by atoms with van der Waals surface area (Å²) in [7, 11) is 0. The van der Waals surface area contributed by atoms with Gasteiger partial charge < -0.3 is 15.8 Å². The molecule has 1 aliphatic rings. The van der Waals surface area contributed by atoms with Gasteiger partial charge in [-0.1, -0.05) is 0 Å². The van der Waals surface area contributed by atoms with E-state index < -0.39 is 5.91 Å². The van der Waals surface area contributed by atoms with E-state index in [0.29, 0.717) is 13.2 Å². The fourth-order valence-electron chi connectivity index (χ4n) is 0.781. The maximum Gasteiger partial charge on any atom is 0.243 e. The summed E-state index contributed by atoms with van der Waals surface area (Å²) in [5, 5.41) is 2.99. The van der Waals surface area contributed by atoms with Crippen LogP contribution in [0.2, 0.25) is 0 Å². The molecular formula is C6H10N2O2. The number of ether oxygens (including phenoxy) is 1. The quantitative estimate of drug-likeness (QED) is 0.460. The lowest BCUT2D eigenvalue weighted by molar-refractivity contribution is -0.113. The summed E-state index contributed by atoms with van der Waals surface area (Å²) in [6.07, 6.45) is 1.35. The first-order valence-corrected chi connectivity index (χ1v) is 3.10. The average Bonchev–Trinajstić information content (AvgIpc) is 1.88. The van der Waals surface area contributed by atoms with Crippen LogP contribution in [-0.2, 0) is 9.53 Å². The van der Waals surface area contributed by atoms with Gasteiger partial charge in [0.25, 0.3) is 0 Å². The Kier molecular flexibility index (Phi) is 2.28. The molecule has 0 saturated carbocycles. The van der Waals surface area contributed by atoms with Crippen molar-refractivity contribution in [3.8, 4) is 0 Å². The molecule has 10 heavy (non-hydrogen) atoms. The third kappa shape index (κ3) is 2.06. The molecule has 0 aromatic heterocycles. The number of primary amides is 1. The molecule has 4 nitrogen and oxygen atoms in total. The molecule has 1 rings (SSSR count). The van der Waals surface area contributed by atoms with Crippen molar-refractivity contribution in [3.05, 3.63) is 11.8 Å². The zero-order valence-electron chi connectivity index (χ0n) is 5.59. The number of nitrogens with one attached hydrogen (secondary N) is 1. The molecule has 1 heterocycles. The minimum Gasteiger partial charge on any atom is -0.384 e. The maximum atomic E-state index is 10.3. The lowest BCUT2D eigenvalue weighted by atomic mass is 10.3. The first-order valence-electron chi connectivity index (χ1n) is 3.10. The number of hydrogen-bond donors (Lipinski definition) is 2. The van der Waals surface area contributed by atoms with Crippen molar-refractivity contribution in [2.75, 3.05) is 19.8 Å². The minimum absolute atomic E-state index is 0.437. The minimum atomic E-state index is -0.437. The highest BCUT2D eigenvalue weighted by molar-refractivity contribution is 5.86. The Morgan fingerprint density at radius 1 is 1.80 bits per heavy atom. The Labute approximate surface area is 59.0 Å². The first-order chi connectivity index (χ1) is 4.79. The van der Waals surface area contributed by atoms with Gasteiger partial charge >= 0.3 is 0 Å². The van der Waals surface area contributed by atoms with E-state index in [9.17, 15) is 4.79 Å². The van der Waals surface area contributed by atoms with Crippen LogP contribution in [0, 0.1) is 0 Å². The summed E-state index contributed by atoms with van der Waals surface area (Å²) in [4.78, 5) is 10.3. The van der Waals surface area contributed by atoms with E-state index in [-0.39, 0.29) is 0 Å². The molecule has 0 bridgehead atoms. The lowest BCUT2D eigenvalue weighted by Gasteiger charge is -2.16. The fraction of sp³-hybridized carbons (Fsp3) is 0.500. The normalized spacial score (nSPS) is 22.2. The van der Waals surface area contributed by atoms with Crippen LogP contribution in [0.5, 0.6) is 0 Å². The Balaban J connectivity index is 2.45. The van der Waals surface area contributed by atoms with Crippen LogP contribution >= 0.6 is 0 Å². The highest BCUT2D eigenvalue weighted by Crippen LogP contribution is 1.94. The number of carbonyl (C=O) groups is 1. The van der Waals surface area contributed by atoms with Gasteiger partial charge in [-0.2, -0.15) is 0 Å². The molecule has 0 spiro atoms. The molecule has 0 aliphatic carbocycles. The summed E-state index contributed by atoms with van der Waals surface area (Å²) in [6, 6.07) is 0. The SMILES string of the molecule is NC(=O)/C=C1/COCCN1. The summed E-state index contributed by atoms with van der Waals surface area (Å²) in [5.41, 5.74) is 5.68. The maximum absolute atomic E-state index is 10.3. The van der Waals surface area contributed by atoms with Gasteiger partial charge in [-0.05, 0) is 0 Å². The predicted molar refractivity (Wildman–Crippen MR) is 36.1 cm³/mol. The van der Waals surface area contributed by atoms with Crippen LogP contribution in [-0.4, -0.2) is 25.7 Å². The van der Waals surface area contributed by atoms with Gasteiger partial charge in [-0.3, -0.25) is 4.79 Å². The number of amides is 1. The van der Waals surface area contributed by atoms with E-state index in [0.717, 1.165) is 12.2 Å². The van der Waals surface area contributed by atoms with Crippen LogP contribution in [0.15, 0.2) is 11.8 Å². The fourth-order valence-corrected chi connectivity index (χ4v) is 0.781. The van der Waals surface area contributed by atoms with Gasteiger partial charge in [-0.15, -0.1) is 0 Å². The van der Waals surface area contributed by atoms with E-state index >= 15 is 0 Å². The smallest absolute Gasteiger partial charge is 0.243 e. The summed E-state index contributed by atoms with van der Waals surface area (Å²) >= 11 is 0. The summed E-state index contributed by atoms with van der Waals surface area (Å²) in [5.74, 6) is -0.437. The molecule has 0 aromatic rings. The molecule has 4 heteroatoms. The lowest BCUT2D eigenvalue weighted by Crippen LogP contribution is -2.29. The molecular weight excluding hydrogens is 132 g/mol. The number of hydrogen-bond acceptors (Lipinski definition) is 3. The van der Waals surface area contributed by atoms with Crippen LogP contribution in [0.25, 0.3) is 0 Å². The monoisotopic (exact) mass is 142 g/mol. The van der Waals surface area contributed by atoms with Gasteiger partial charge in [0.15, 0.2) is 0 Å². The van der Waals surface area contributed by atoms with Crippen LogP contribution in [0.3, 0.4) is 0 Å². The van der Waals surface area contributed by atoms with Gasteiger partial charge in [0.05, 0.1) is 13.2 Å². The van der Waals surface area contributed by atoms with Crippen molar-refractivity contribution >= 4 is 5.91 Å². The molecule has 0 aromatic carbocycles. The zero-order valence-corrected chi connectivity index (χ0v) is 5.59. The Morgan fingerprint density at radius 3 is 3.10 bits per heavy atom. The van der Waals surface area contributed by atoms with Crippen molar-refractivity contribution in [2.24, 2.45) is 5.73 Å². The second-order valence-corrected chi connectivity index (χ2v) is 2.05. The molecule has 1 fully saturated rings. The van der Waals surface area contributed by atoms with Crippen LogP contribution in [0.4, 0.5) is 0 Å². The number of nitrogens with two attached hydrogens (primary N) is 1. The van der Waals surface area contributed by atoms with E-state index in [2.05, 4.69) is 5.32 Å². The third-order valence-corrected chi connectivity index (χ3v) is 1.17. The Morgan fingerprint density at radius 2 is 2.60 bits per heavy atom. The number of rotatable bonds is 1. The second-order valence-electron chi connectivity index (χ2n) is 2.05. The van der Waals surface area contributed by atoms with Gasteiger partial charge in [0.1, 0.15) is 0 Å². The van der Waals surface area contributed by atoms with E-state index in [1.807, 2.05) is 0 Å². The predicted octanol–water partition coefficient (Wildman–Crippen LogP) is -1.02. The van der Waals surface area contributed by atoms with Crippen LogP contribution < -0.4 is 11.1 Å². The number of morpholine rings is 1. The van der Waals surface area contributed by atoms with E-state index in [4.69, 9.17) is 10.5 Å². The molecule has 0 unspecified atom stereocenters. The van der Waals surface area contributed by atoms with Crippen LogP contribution in [0.1, 0.15) is 0 Å². The topological polar surface area (TPSA) is 64.4 Å². The zero-order chi connectivity index (χ0) is 7.40. The van der Waals surface area contributed by atoms with Gasteiger partial charge in [-0.25, -0.2) is 0 Å². The third-order valence-electron chi connectivity index (χ3n) is 1.17. The van der Waals surface area contributed by atoms with Gasteiger partial charge in [0, 0.05) is 18.3 Å². The van der Waals surface area contributed by atoms with E-state index in [1.54, 1.807) is 0 Å². The number of carbonyl (C=O) groups excluding carboxylic acids is 1. The largest absolute Gasteiger partial charge is 0.384 e. The molecule has 0 radical (unpaired) electrons. The van der Waals surface area contributed by atoms with Crippen molar-refractivity contribution in [1.29, 1.82) is 0 Å². The molecule has 56 valence electrons. The highest BCUT2D eigenvalue weighted by Gasteiger charge is 2.03. The Bertz CT molecular complexity index is 157. The Hall–Kier alpha value is -1.03. The second kappa shape index (κ2) is 3.22. The molecule has 3 N–H and O–H groups in total. The van der Waals surface area contributed by atoms with Crippen molar-refractivity contribution < 1.29 is 9.53 Å². The molecule has 1 amide bonds. The standard InChI is InChI=1S/C6H10N2O2/c7-6(9)3-5-4-10-2-1-8-5/h3,8H,1-2,4H2,(H2,7,9)/b5-3-. The summed E-state index contributed by atoms with van der Waals surface area (Å²) in [6.45, 7) is 1.90. The molecule has 1 saturated heterocycles. The molecule has 0 atom stereocenters. The summed E-state index contributed by atoms with van der Waals surface area (Å²) < 4.78 is 5.04. The molecule has 1 aliphatic heterocycles.